The molecular weight excluding hydrogens is 341 g/mol. The molecule has 0 atom stereocenters. The number of amides is 1. The molecule has 0 N–H and O–H groups in total. The smallest absolute Gasteiger partial charge is 0.254 e. The maximum atomic E-state index is 12.7. The maximum absolute atomic E-state index is 12.7. The van der Waals surface area contributed by atoms with Crippen LogP contribution in [0.2, 0.25) is 5.02 Å². The Hall–Kier alpha value is -2.33. The van der Waals surface area contributed by atoms with Gasteiger partial charge in [0.15, 0.2) is 0 Å². The molecule has 0 saturated carbocycles. The van der Waals surface area contributed by atoms with E-state index in [4.69, 9.17) is 16.3 Å². The second kappa shape index (κ2) is 7.70. The van der Waals surface area contributed by atoms with E-state index in [1.165, 1.54) is 0 Å². The summed E-state index contributed by atoms with van der Waals surface area (Å²) in [7, 11) is 0. The molecule has 25 heavy (non-hydrogen) atoms. The first-order chi connectivity index (χ1) is 12.1. The Kier molecular flexibility index (Phi) is 5.39. The van der Waals surface area contributed by atoms with Crippen LogP contribution in [-0.2, 0) is 13.1 Å². The Morgan fingerprint density at radius 1 is 1.20 bits per heavy atom. The van der Waals surface area contributed by atoms with Gasteiger partial charge in [-0.05, 0) is 59.5 Å². The first-order valence-corrected chi connectivity index (χ1v) is 8.56. The third kappa shape index (κ3) is 4.02. The molecule has 5 heteroatoms. The minimum atomic E-state index is -0.0308. The van der Waals surface area contributed by atoms with Gasteiger partial charge in [-0.3, -0.25) is 4.79 Å². The van der Waals surface area contributed by atoms with Crippen LogP contribution in [0, 0.1) is 0 Å². The Bertz CT molecular complexity index is 802. The molecule has 0 saturated heterocycles. The maximum Gasteiger partial charge on any atom is 0.254 e. The van der Waals surface area contributed by atoms with Crippen molar-refractivity contribution in [3.63, 3.8) is 0 Å². The first kappa shape index (κ1) is 17.5. The van der Waals surface area contributed by atoms with E-state index >= 15 is 0 Å². The van der Waals surface area contributed by atoms with Crippen LogP contribution >= 0.6 is 11.6 Å². The van der Waals surface area contributed by atoms with Crippen LogP contribution in [0.4, 0.5) is 4.39 Å². The van der Waals surface area contributed by atoms with Crippen LogP contribution in [0.3, 0.4) is 0 Å². The summed E-state index contributed by atoms with van der Waals surface area (Å²) >= 11 is 6.01. The molecule has 0 aromatic heterocycles. The van der Waals surface area contributed by atoms with Crippen LogP contribution in [0.1, 0.15) is 34.8 Å². The van der Waals surface area contributed by atoms with Crippen molar-refractivity contribution in [2.24, 2.45) is 0 Å². The van der Waals surface area contributed by atoms with Gasteiger partial charge in [0.2, 0.25) is 0 Å². The molecule has 0 fully saturated rings. The SMILES string of the molecule is CCC(=CF)COc1ccc(C(=O)N2Cc3ccc(Cl)cc3C2)cc1. The summed E-state index contributed by atoms with van der Waals surface area (Å²) < 4.78 is 18.1. The van der Waals surface area contributed by atoms with E-state index in [1.807, 2.05) is 25.1 Å². The van der Waals surface area contributed by atoms with Crippen molar-refractivity contribution < 1.29 is 13.9 Å². The van der Waals surface area contributed by atoms with Crippen molar-refractivity contribution >= 4 is 17.5 Å². The molecular formula is C20H19ClFNO2. The van der Waals surface area contributed by atoms with Crippen molar-refractivity contribution in [2.75, 3.05) is 6.61 Å². The van der Waals surface area contributed by atoms with Gasteiger partial charge >= 0.3 is 0 Å². The molecule has 0 unspecified atom stereocenters. The van der Waals surface area contributed by atoms with Gasteiger partial charge in [-0.15, -0.1) is 0 Å². The van der Waals surface area contributed by atoms with Crippen molar-refractivity contribution in [1.82, 2.24) is 4.90 Å². The lowest BCUT2D eigenvalue weighted by Crippen LogP contribution is -2.25. The number of fused-ring (bicyclic) bond motifs is 1. The van der Waals surface area contributed by atoms with Gasteiger partial charge in [-0.2, -0.15) is 0 Å². The molecule has 0 bridgehead atoms. The van der Waals surface area contributed by atoms with Crippen LogP contribution in [-0.4, -0.2) is 17.4 Å². The fraction of sp³-hybridized carbons (Fsp3) is 0.250. The molecule has 0 spiro atoms. The Balaban J connectivity index is 1.64. The monoisotopic (exact) mass is 359 g/mol. The lowest BCUT2D eigenvalue weighted by molar-refractivity contribution is 0.0751. The standard InChI is InChI=1S/C20H19ClFNO2/c1-2-14(10-22)13-25-19-7-4-15(5-8-19)20(24)23-11-16-3-6-18(21)9-17(16)12-23/h3-10H,2,11-13H2,1H3. The molecule has 2 aromatic rings. The molecule has 0 radical (unpaired) electrons. The Morgan fingerprint density at radius 3 is 2.60 bits per heavy atom. The minimum absolute atomic E-state index is 0.0308. The van der Waals surface area contributed by atoms with E-state index in [2.05, 4.69) is 0 Å². The number of hydrogen-bond acceptors (Lipinski definition) is 2. The molecule has 1 amide bonds. The first-order valence-electron chi connectivity index (χ1n) is 8.18. The van der Waals surface area contributed by atoms with Gasteiger partial charge in [0, 0.05) is 23.7 Å². The molecule has 1 aliphatic rings. The lowest BCUT2D eigenvalue weighted by Gasteiger charge is -2.16. The van der Waals surface area contributed by atoms with Crippen LogP contribution in [0.5, 0.6) is 5.75 Å². The molecule has 130 valence electrons. The molecule has 2 aromatic carbocycles. The number of benzene rings is 2. The predicted octanol–water partition coefficient (Wildman–Crippen LogP) is 5.14. The second-order valence-electron chi connectivity index (χ2n) is 6.01. The zero-order valence-corrected chi connectivity index (χ0v) is 14.7. The van der Waals surface area contributed by atoms with Crippen molar-refractivity contribution in [3.05, 3.63) is 76.1 Å². The van der Waals surface area contributed by atoms with E-state index in [9.17, 15) is 9.18 Å². The summed E-state index contributed by atoms with van der Waals surface area (Å²) in [6, 6.07) is 12.7. The zero-order chi connectivity index (χ0) is 17.8. The summed E-state index contributed by atoms with van der Waals surface area (Å²) in [6.45, 7) is 3.24. The van der Waals surface area contributed by atoms with Gasteiger partial charge in [0.1, 0.15) is 12.4 Å². The third-order valence-electron chi connectivity index (χ3n) is 4.31. The summed E-state index contributed by atoms with van der Waals surface area (Å²) in [5.74, 6) is 0.581. The largest absolute Gasteiger partial charge is 0.489 e. The highest BCUT2D eigenvalue weighted by Gasteiger charge is 2.24. The average molecular weight is 360 g/mol. The van der Waals surface area contributed by atoms with Gasteiger partial charge in [0.05, 0.1) is 6.33 Å². The van der Waals surface area contributed by atoms with Crippen molar-refractivity contribution in [3.8, 4) is 5.75 Å². The number of rotatable bonds is 5. The highest BCUT2D eigenvalue weighted by molar-refractivity contribution is 6.30. The number of carbonyl (C=O) groups excluding carboxylic acids is 1. The topological polar surface area (TPSA) is 29.5 Å². The lowest BCUT2D eigenvalue weighted by atomic mass is 10.1. The van der Waals surface area contributed by atoms with E-state index in [-0.39, 0.29) is 12.5 Å². The van der Waals surface area contributed by atoms with E-state index < -0.39 is 0 Å². The number of carbonyl (C=O) groups is 1. The number of hydrogen-bond donors (Lipinski definition) is 0. The van der Waals surface area contributed by atoms with Crippen molar-refractivity contribution in [1.29, 1.82) is 0 Å². The van der Waals surface area contributed by atoms with E-state index in [0.29, 0.717) is 47.7 Å². The van der Waals surface area contributed by atoms with Gasteiger partial charge in [-0.1, -0.05) is 24.6 Å². The summed E-state index contributed by atoms with van der Waals surface area (Å²) in [5.41, 5.74) is 3.41. The van der Waals surface area contributed by atoms with Crippen LogP contribution in [0.25, 0.3) is 0 Å². The van der Waals surface area contributed by atoms with Gasteiger partial charge in [-0.25, -0.2) is 4.39 Å². The quantitative estimate of drug-likeness (QED) is 0.739. The second-order valence-corrected chi connectivity index (χ2v) is 6.44. The van der Waals surface area contributed by atoms with Gasteiger partial charge < -0.3 is 9.64 Å². The highest BCUT2D eigenvalue weighted by atomic mass is 35.5. The predicted molar refractivity (Wildman–Crippen MR) is 96.4 cm³/mol. The van der Waals surface area contributed by atoms with E-state index in [0.717, 1.165) is 11.1 Å². The third-order valence-corrected chi connectivity index (χ3v) is 4.55. The van der Waals surface area contributed by atoms with Gasteiger partial charge in [0.25, 0.3) is 5.91 Å². The molecule has 1 aliphatic heterocycles. The molecule has 1 heterocycles. The summed E-state index contributed by atoms with van der Waals surface area (Å²) in [5, 5.41) is 0.684. The number of ether oxygens (including phenoxy) is 1. The molecule has 3 nitrogen and oxygen atoms in total. The zero-order valence-electron chi connectivity index (χ0n) is 14.0. The fourth-order valence-electron chi connectivity index (χ4n) is 2.77. The normalized spacial score (nSPS) is 13.7. The Morgan fingerprint density at radius 2 is 1.92 bits per heavy atom. The van der Waals surface area contributed by atoms with Crippen LogP contribution in [0.15, 0.2) is 54.4 Å². The summed E-state index contributed by atoms with van der Waals surface area (Å²) in [4.78, 5) is 14.5. The van der Waals surface area contributed by atoms with Crippen molar-refractivity contribution in [2.45, 2.75) is 26.4 Å². The molecule has 0 aliphatic carbocycles. The minimum Gasteiger partial charge on any atom is -0.489 e. The molecule has 3 rings (SSSR count). The highest BCUT2D eigenvalue weighted by Crippen LogP contribution is 2.27. The Labute approximate surface area is 151 Å². The summed E-state index contributed by atoms with van der Waals surface area (Å²) in [6.07, 6.45) is 1.18. The fourth-order valence-corrected chi connectivity index (χ4v) is 2.96. The number of nitrogens with zero attached hydrogens (tertiary/aromatic N) is 1. The average Bonchev–Trinajstić information content (AvgIpc) is 3.05. The van der Waals surface area contributed by atoms with Crippen LogP contribution < -0.4 is 4.74 Å². The number of halogens is 2. The van der Waals surface area contributed by atoms with E-state index in [1.54, 1.807) is 29.2 Å².